The minimum absolute atomic E-state index is 0.0307. The summed E-state index contributed by atoms with van der Waals surface area (Å²) in [5.74, 6) is -0.304. The molecular weight excluding hydrogens is 738 g/mol. The van der Waals surface area contributed by atoms with Gasteiger partial charge in [0, 0.05) is 12.2 Å². The molecule has 3 aromatic rings. The number of anilines is 1. The number of aromatic nitrogens is 3. The molecule has 4 rings (SSSR count). The van der Waals surface area contributed by atoms with Gasteiger partial charge >= 0.3 is 7.82 Å². The first-order valence-corrected chi connectivity index (χ1v) is 21.9. The van der Waals surface area contributed by atoms with Crippen LogP contribution in [0.1, 0.15) is 145 Å². The summed E-state index contributed by atoms with van der Waals surface area (Å²) in [5, 5.41) is 23.3. The molecular formula is C41H60FN6O7P. The number of nitrogens with two attached hydrogens (primary N) is 1. The SMILES string of the molecule is CCCCCCCCCCCCCCCCCCOC[C@H](COP(=O)(O)OC[C@]1(C#N)CC[C@H](c2ccc3c(N)ncnn23)O1)OCc1ccc(C#N)cc1F. The number of ether oxygens (including phenoxy) is 3. The number of benzene rings is 1. The van der Waals surface area contributed by atoms with E-state index in [4.69, 9.17) is 34.3 Å². The largest absolute Gasteiger partial charge is 0.472 e. The Balaban J connectivity index is 1.16. The van der Waals surface area contributed by atoms with Crippen molar-refractivity contribution in [1.82, 2.24) is 14.6 Å². The fourth-order valence-electron chi connectivity index (χ4n) is 6.85. The number of phosphoric acid groups is 1. The predicted octanol–water partition coefficient (Wildman–Crippen LogP) is 9.43. The Morgan fingerprint density at radius 1 is 0.982 bits per heavy atom. The fraction of sp³-hybridized carbons (Fsp3) is 0.659. The van der Waals surface area contributed by atoms with Crippen molar-refractivity contribution < 1.29 is 37.1 Å². The number of fused-ring (bicyclic) bond motifs is 1. The number of hydrogen-bond acceptors (Lipinski definition) is 11. The summed E-state index contributed by atoms with van der Waals surface area (Å²) in [4.78, 5) is 14.6. The minimum Gasteiger partial charge on any atom is -0.382 e. The zero-order valence-corrected chi connectivity index (χ0v) is 33.8. The predicted molar refractivity (Wildman–Crippen MR) is 211 cm³/mol. The first kappa shape index (κ1) is 45.2. The summed E-state index contributed by atoms with van der Waals surface area (Å²) in [5.41, 5.74) is 6.09. The second-order valence-corrected chi connectivity index (χ2v) is 16.2. The number of nitrogens with zero attached hydrogens (tertiary/aromatic N) is 5. The van der Waals surface area contributed by atoms with Crippen LogP contribution in [0.2, 0.25) is 0 Å². The third kappa shape index (κ3) is 15.1. The molecule has 15 heteroatoms. The standard InChI is InChI=1S/C41H60FN6O7P/c1-2-3-4-5-6-7-8-9-10-11-12-13-14-15-16-17-24-51-28-35(52-27-34-19-18-33(26-43)25-36(34)42)29-53-56(49,50)54-31-41(30-44)23-22-39(55-41)37-20-21-38-40(45)46-32-47-48(37)38/h18-21,25,32,35,39H,2-17,22-24,27-29,31H2,1H3,(H,49,50)(H2,45,46,47)/t35-,39-,41-/m1/s1. The fourth-order valence-corrected chi connectivity index (χ4v) is 7.65. The van der Waals surface area contributed by atoms with E-state index in [2.05, 4.69) is 23.1 Å². The van der Waals surface area contributed by atoms with Gasteiger partial charge in [0.25, 0.3) is 0 Å². The number of hydrogen-bond donors (Lipinski definition) is 2. The van der Waals surface area contributed by atoms with Crippen LogP contribution in [0.5, 0.6) is 0 Å². The Hall–Kier alpha value is -3.46. The van der Waals surface area contributed by atoms with E-state index in [-0.39, 0.29) is 30.8 Å². The van der Waals surface area contributed by atoms with Gasteiger partial charge in [-0.05, 0) is 43.5 Å². The average Bonchev–Trinajstić information content (AvgIpc) is 3.84. The van der Waals surface area contributed by atoms with Gasteiger partial charge < -0.3 is 24.8 Å². The van der Waals surface area contributed by atoms with Gasteiger partial charge in [0.05, 0.1) is 37.1 Å². The normalized spacial score (nSPS) is 18.5. The van der Waals surface area contributed by atoms with Gasteiger partial charge in [-0.2, -0.15) is 15.6 Å². The number of halogens is 1. The molecule has 0 saturated carbocycles. The quantitative estimate of drug-likeness (QED) is 0.0501. The monoisotopic (exact) mass is 798 g/mol. The van der Waals surface area contributed by atoms with E-state index in [1.165, 1.54) is 102 Å². The lowest BCUT2D eigenvalue weighted by molar-refractivity contribution is -0.0593. The third-order valence-electron chi connectivity index (χ3n) is 10.2. The van der Waals surface area contributed by atoms with Crippen LogP contribution in [0, 0.1) is 28.5 Å². The van der Waals surface area contributed by atoms with Crippen molar-refractivity contribution in [2.75, 3.05) is 32.2 Å². The van der Waals surface area contributed by atoms with E-state index in [0.29, 0.717) is 30.1 Å². The van der Waals surface area contributed by atoms with Gasteiger partial charge in [0.2, 0.25) is 0 Å². The summed E-state index contributed by atoms with van der Waals surface area (Å²) in [6.07, 6.45) is 20.9. The molecule has 0 spiro atoms. The summed E-state index contributed by atoms with van der Waals surface area (Å²) in [6.45, 7) is 1.66. The molecule has 1 aliphatic heterocycles. The van der Waals surface area contributed by atoms with Gasteiger partial charge in [-0.1, -0.05) is 109 Å². The highest BCUT2D eigenvalue weighted by Crippen LogP contribution is 2.47. The lowest BCUT2D eigenvalue weighted by Gasteiger charge is -2.24. The van der Waals surface area contributed by atoms with E-state index in [1.807, 2.05) is 6.07 Å². The zero-order valence-electron chi connectivity index (χ0n) is 32.9. The molecule has 308 valence electrons. The number of unbranched alkanes of at least 4 members (excludes halogenated alkanes) is 15. The average molecular weight is 799 g/mol. The molecule has 4 atom stereocenters. The minimum atomic E-state index is -4.69. The molecule has 56 heavy (non-hydrogen) atoms. The lowest BCUT2D eigenvalue weighted by atomic mass is 10.0. The topological polar surface area (TPSA) is 187 Å². The van der Waals surface area contributed by atoms with Crippen molar-refractivity contribution in [3.8, 4) is 12.1 Å². The van der Waals surface area contributed by atoms with Crippen LogP contribution >= 0.6 is 7.82 Å². The van der Waals surface area contributed by atoms with Crippen LogP contribution in [-0.4, -0.2) is 57.6 Å². The zero-order chi connectivity index (χ0) is 40.1. The van der Waals surface area contributed by atoms with Crippen LogP contribution < -0.4 is 5.73 Å². The van der Waals surface area contributed by atoms with Crippen LogP contribution in [0.4, 0.5) is 10.2 Å². The van der Waals surface area contributed by atoms with E-state index >= 15 is 0 Å². The molecule has 3 N–H and O–H groups in total. The van der Waals surface area contributed by atoms with Crippen molar-refractivity contribution >= 4 is 19.2 Å². The molecule has 0 amide bonds. The van der Waals surface area contributed by atoms with E-state index in [9.17, 15) is 19.1 Å². The third-order valence-corrected chi connectivity index (χ3v) is 11.1. The second-order valence-electron chi connectivity index (χ2n) is 14.7. The first-order valence-electron chi connectivity index (χ1n) is 20.4. The molecule has 1 unspecified atom stereocenters. The number of nitrogen functional groups attached to an aromatic ring is 1. The van der Waals surface area contributed by atoms with Crippen LogP contribution in [0.3, 0.4) is 0 Å². The molecule has 1 aliphatic rings. The molecule has 1 fully saturated rings. The highest BCUT2D eigenvalue weighted by molar-refractivity contribution is 7.47. The van der Waals surface area contributed by atoms with Crippen molar-refractivity contribution in [2.45, 2.75) is 147 Å². The summed E-state index contributed by atoms with van der Waals surface area (Å²) >= 11 is 0. The van der Waals surface area contributed by atoms with Crippen molar-refractivity contribution in [1.29, 1.82) is 10.5 Å². The smallest absolute Gasteiger partial charge is 0.382 e. The molecule has 3 heterocycles. The Bertz CT molecular complexity index is 1750. The van der Waals surface area contributed by atoms with Crippen LogP contribution in [0.15, 0.2) is 36.7 Å². The van der Waals surface area contributed by atoms with Gasteiger partial charge in [0.15, 0.2) is 11.4 Å². The summed E-state index contributed by atoms with van der Waals surface area (Å²) < 4.78 is 57.6. The number of phosphoric ester groups is 1. The van der Waals surface area contributed by atoms with Gasteiger partial charge in [-0.25, -0.2) is 18.5 Å². The maximum Gasteiger partial charge on any atom is 0.472 e. The number of rotatable bonds is 29. The van der Waals surface area contributed by atoms with Crippen LogP contribution in [0.25, 0.3) is 5.52 Å². The van der Waals surface area contributed by atoms with Crippen molar-refractivity contribution in [2.24, 2.45) is 0 Å². The Morgan fingerprint density at radius 2 is 1.64 bits per heavy atom. The number of nitriles is 2. The lowest BCUT2D eigenvalue weighted by Crippen LogP contribution is -2.32. The van der Waals surface area contributed by atoms with Crippen molar-refractivity contribution in [3.63, 3.8) is 0 Å². The maximum absolute atomic E-state index is 14.6. The Kier molecular flexibility index (Phi) is 19.7. The van der Waals surface area contributed by atoms with Gasteiger partial charge in [0.1, 0.15) is 42.5 Å². The van der Waals surface area contributed by atoms with Gasteiger partial charge in [-0.3, -0.25) is 9.05 Å². The highest BCUT2D eigenvalue weighted by Gasteiger charge is 2.44. The second kappa shape index (κ2) is 24.3. The van der Waals surface area contributed by atoms with Crippen LogP contribution in [-0.2, 0) is 34.4 Å². The molecule has 1 aromatic carbocycles. The highest BCUT2D eigenvalue weighted by atomic mass is 31.2. The first-order chi connectivity index (χ1) is 27.2. The molecule has 13 nitrogen and oxygen atoms in total. The van der Waals surface area contributed by atoms with Gasteiger partial charge in [-0.15, -0.1) is 0 Å². The van der Waals surface area contributed by atoms with E-state index < -0.39 is 44.7 Å². The molecule has 0 radical (unpaired) electrons. The van der Waals surface area contributed by atoms with Crippen molar-refractivity contribution in [3.05, 3.63) is 59.3 Å². The maximum atomic E-state index is 14.6. The molecule has 2 aromatic heterocycles. The molecule has 0 aliphatic carbocycles. The Morgan fingerprint density at radius 3 is 2.27 bits per heavy atom. The Labute approximate surface area is 331 Å². The summed E-state index contributed by atoms with van der Waals surface area (Å²) in [6, 6.07) is 11.6. The molecule has 0 bridgehead atoms. The van der Waals surface area contributed by atoms with E-state index in [0.717, 1.165) is 25.3 Å². The molecule has 1 saturated heterocycles. The van der Waals surface area contributed by atoms with E-state index in [1.54, 1.807) is 16.6 Å². The summed E-state index contributed by atoms with van der Waals surface area (Å²) in [7, 11) is -4.69.